The second kappa shape index (κ2) is 8.95. The van der Waals surface area contributed by atoms with Gasteiger partial charge >= 0.3 is 5.97 Å². The Balaban J connectivity index is 4.79. The molecule has 118 valence electrons. The number of aliphatic carboxylic acids is 1. The van der Waals surface area contributed by atoms with E-state index in [9.17, 15) is 9.59 Å². The molecule has 0 aliphatic carbocycles. The highest BCUT2D eigenvalue weighted by Gasteiger charge is 2.28. The Morgan fingerprint density at radius 3 is 2.15 bits per heavy atom. The van der Waals surface area contributed by atoms with Crippen molar-refractivity contribution in [2.24, 2.45) is 23.5 Å². The van der Waals surface area contributed by atoms with Crippen LogP contribution in [-0.4, -0.2) is 29.1 Å². The fourth-order valence-corrected chi connectivity index (χ4v) is 2.25. The van der Waals surface area contributed by atoms with Crippen molar-refractivity contribution in [2.75, 3.05) is 0 Å². The highest BCUT2D eigenvalue weighted by Crippen LogP contribution is 2.22. The minimum atomic E-state index is -0.899. The molecule has 0 aliphatic rings. The second-order valence-corrected chi connectivity index (χ2v) is 6.11. The fourth-order valence-electron chi connectivity index (χ4n) is 2.25. The van der Waals surface area contributed by atoms with Gasteiger partial charge in [0.15, 0.2) is 0 Å². The minimum absolute atomic E-state index is 0.0313. The number of hydrogen-bond acceptors (Lipinski definition) is 3. The number of carboxylic acids is 1. The van der Waals surface area contributed by atoms with Crippen molar-refractivity contribution >= 4 is 11.9 Å². The maximum absolute atomic E-state index is 12.0. The summed E-state index contributed by atoms with van der Waals surface area (Å²) in [5.41, 5.74) is 5.81. The Morgan fingerprint density at radius 1 is 1.20 bits per heavy atom. The van der Waals surface area contributed by atoms with Crippen LogP contribution >= 0.6 is 0 Å². The summed E-state index contributed by atoms with van der Waals surface area (Å²) in [5.74, 6) is -0.663. The molecular formula is C15H30N2O3. The van der Waals surface area contributed by atoms with Gasteiger partial charge in [0, 0.05) is 6.04 Å². The van der Waals surface area contributed by atoms with Gasteiger partial charge in [0.25, 0.3) is 0 Å². The van der Waals surface area contributed by atoms with E-state index in [2.05, 4.69) is 19.2 Å². The normalized spacial score (nSPS) is 17.4. The zero-order valence-corrected chi connectivity index (χ0v) is 13.3. The molecular weight excluding hydrogens is 256 g/mol. The quantitative estimate of drug-likeness (QED) is 0.604. The maximum atomic E-state index is 12.0. The molecule has 0 fully saturated rings. The van der Waals surface area contributed by atoms with Crippen LogP contribution in [0.3, 0.4) is 0 Å². The summed E-state index contributed by atoms with van der Waals surface area (Å²) in [6.07, 6.45) is 2.00. The van der Waals surface area contributed by atoms with Crippen LogP contribution in [0.4, 0.5) is 0 Å². The first-order valence-corrected chi connectivity index (χ1v) is 7.48. The first-order chi connectivity index (χ1) is 9.20. The van der Waals surface area contributed by atoms with E-state index in [0.29, 0.717) is 5.92 Å². The largest absolute Gasteiger partial charge is 0.481 e. The Bertz CT molecular complexity index is 318. The lowest BCUT2D eigenvalue weighted by atomic mass is 9.84. The number of nitrogens with two attached hydrogens (primary N) is 1. The molecule has 0 radical (unpaired) electrons. The Labute approximate surface area is 122 Å². The number of hydrogen-bond donors (Lipinski definition) is 3. The van der Waals surface area contributed by atoms with Crippen LogP contribution in [0.1, 0.15) is 53.9 Å². The first-order valence-electron chi connectivity index (χ1n) is 7.48. The molecule has 0 aromatic carbocycles. The zero-order valence-electron chi connectivity index (χ0n) is 13.3. The smallest absolute Gasteiger partial charge is 0.305 e. The maximum Gasteiger partial charge on any atom is 0.305 e. The topological polar surface area (TPSA) is 92.4 Å². The van der Waals surface area contributed by atoms with Crippen molar-refractivity contribution in [1.29, 1.82) is 0 Å². The van der Waals surface area contributed by atoms with Crippen LogP contribution in [0.25, 0.3) is 0 Å². The van der Waals surface area contributed by atoms with Crippen LogP contribution in [0.5, 0.6) is 0 Å². The molecule has 1 amide bonds. The van der Waals surface area contributed by atoms with E-state index in [4.69, 9.17) is 10.8 Å². The number of amides is 1. The molecule has 0 aromatic heterocycles. The predicted octanol–water partition coefficient (Wildman–Crippen LogP) is 2.00. The van der Waals surface area contributed by atoms with Crippen molar-refractivity contribution < 1.29 is 14.7 Å². The average Bonchev–Trinajstić information content (AvgIpc) is 2.35. The molecule has 0 aliphatic heterocycles. The van der Waals surface area contributed by atoms with Gasteiger partial charge in [-0.25, -0.2) is 0 Å². The number of nitrogens with one attached hydrogen (secondary N) is 1. The van der Waals surface area contributed by atoms with E-state index in [1.165, 1.54) is 0 Å². The van der Waals surface area contributed by atoms with Gasteiger partial charge in [0.05, 0.1) is 12.5 Å². The fraction of sp³-hybridized carbons (Fsp3) is 0.867. The highest BCUT2D eigenvalue weighted by atomic mass is 16.4. The van der Waals surface area contributed by atoms with Gasteiger partial charge in [-0.3, -0.25) is 9.59 Å². The lowest BCUT2D eigenvalue weighted by Crippen LogP contribution is -2.51. The molecule has 5 heteroatoms. The van der Waals surface area contributed by atoms with E-state index in [0.717, 1.165) is 12.8 Å². The van der Waals surface area contributed by atoms with Gasteiger partial charge in [-0.05, 0) is 17.8 Å². The molecule has 4 N–H and O–H groups in total. The van der Waals surface area contributed by atoms with Crippen molar-refractivity contribution in [1.82, 2.24) is 5.32 Å². The Morgan fingerprint density at radius 2 is 1.75 bits per heavy atom. The number of rotatable bonds is 9. The lowest BCUT2D eigenvalue weighted by molar-refractivity contribution is -0.138. The molecule has 0 saturated carbocycles. The van der Waals surface area contributed by atoms with Crippen LogP contribution in [-0.2, 0) is 9.59 Å². The predicted molar refractivity (Wildman–Crippen MR) is 80.2 cm³/mol. The van der Waals surface area contributed by atoms with E-state index in [1.54, 1.807) is 0 Å². The molecule has 2 unspecified atom stereocenters. The van der Waals surface area contributed by atoms with Gasteiger partial charge in [-0.1, -0.05) is 47.5 Å². The molecule has 0 heterocycles. The van der Waals surface area contributed by atoms with E-state index < -0.39 is 12.0 Å². The summed E-state index contributed by atoms with van der Waals surface area (Å²) in [5, 5.41) is 11.8. The van der Waals surface area contributed by atoms with E-state index in [1.807, 2.05) is 20.8 Å². The van der Waals surface area contributed by atoms with Crippen LogP contribution in [0.15, 0.2) is 0 Å². The molecule has 0 aromatic rings. The van der Waals surface area contributed by atoms with Gasteiger partial charge in [-0.2, -0.15) is 0 Å². The molecule has 0 bridgehead atoms. The van der Waals surface area contributed by atoms with Gasteiger partial charge in [0.2, 0.25) is 5.91 Å². The minimum Gasteiger partial charge on any atom is -0.481 e. The molecule has 0 rings (SSSR count). The molecule has 4 atom stereocenters. The van der Waals surface area contributed by atoms with Crippen molar-refractivity contribution in [2.45, 2.75) is 66.0 Å². The van der Waals surface area contributed by atoms with Crippen molar-refractivity contribution in [3.63, 3.8) is 0 Å². The van der Waals surface area contributed by atoms with Gasteiger partial charge < -0.3 is 16.2 Å². The zero-order chi connectivity index (χ0) is 15.9. The summed E-state index contributed by atoms with van der Waals surface area (Å²) < 4.78 is 0. The molecule has 5 nitrogen and oxygen atoms in total. The number of carbonyl (C=O) groups is 2. The number of carboxylic acid groups (broad SMARTS) is 1. The van der Waals surface area contributed by atoms with Crippen molar-refractivity contribution in [3.05, 3.63) is 0 Å². The molecule has 0 saturated heterocycles. The van der Waals surface area contributed by atoms with E-state index >= 15 is 0 Å². The third kappa shape index (κ3) is 6.37. The number of carbonyl (C=O) groups excluding carboxylic acids is 1. The summed E-state index contributed by atoms with van der Waals surface area (Å²) in [7, 11) is 0. The standard InChI is InChI=1S/C15H30N2O3/c1-6-7-10(4)11(5)12(8-13(18)19)17-15(20)14(16)9(2)3/h9-12,14H,6-8,16H2,1-5H3,(H,17,20)(H,18,19)/t10?,11?,12-,14+/m1/s1. The first kappa shape index (κ1) is 18.9. The third-order valence-corrected chi connectivity index (χ3v) is 4.02. The lowest BCUT2D eigenvalue weighted by Gasteiger charge is -2.30. The summed E-state index contributed by atoms with van der Waals surface area (Å²) in [6, 6.07) is -0.966. The molecule has 0 spiro atoms. The van der Waals surface area contributed by atoms with Crippen molar-refractivity contribution in [3.8, 4) is 0 Å². The van der Waals surface area contributed by atoms with E-state index in [-0.39, 0.29) is 30.2 Å². The average molecular weight is 286 g/mol. The highest BCUT2D eigenvalue weighted by molar-refractivity contribution is 5.82. The second-order valence-electron chi connectivity index (χ2n) is 6.11. The van der Waals surface area contributed by atoms with Gasteiger partial charge in [0.1, 0.15) is 0 Å². The van der Waals surface area contributed by atoms with Crippen LogP contribution in [0, 0.1) is 17.8 Å². The molecule has 20 heavy (non-hydrogen) atoms. The Hall–Kier alpha value is -1.10. The summed E-state index contributed by atoms with van der Waals surface area (Å²) in [6.45, 7) is 9.94. The Kier molecular flexibility index (Phi) is 8.46. The summed E-state index contributed by atoms with van der Waals surface area (Å²) >= 11 is 0. The SMILES string of the molecule is CCCC(C)C(C)[C@@H](CC(=O)O)NC(=O)[C@@H](N)C(C)C. The van der Waals surface area contributed by atoms with Crippen LogP contribution in [0.2, 0.25) is 0 Å². The monoisotopic (exact) mass is 286 g/mol. The summed E-state index contributed by atoms with van der Waals surface area (Å²) in [4.78, 5) is 23.0. The van der Waals surface area contributed by atoms with Crippen LogP contribution < -0.4 is 11.1 Å². The third-order valence-electron chi connectivity index (χ3n) is 4.02. The van der Waals surface area contributed by atoms with Gasteiger partial charge in [-0.15, -0.1) is 0 Å².